The highest BCUT2D eigenvalue weighted by Gasteiger charge is 2.53. The largest absolute Gasteiger partial charge is 0.543 e. The van der Waals surface area contributed by atoms with Crippen molar-refractivity contribution in [3.63, 3.8) is 0 Å². The van der Waals surface area contributed by atoms with Crippen molar-refractivity contribution in [2.24, 2.45) is 5.16 Å². The van der Waals surface area contributed by atoms with E-state index in [9.17, 15) is 19.5 Å². The van der Waals surface area contributed by atoms with E-state index in [1.54, 1.807) is 13.1 Å². The maximum absolute atomic E-state index is 13.1. The van der Waals surface area contributed by atoms with Crippen molar-refractivity contribution in [2.45, 2.75) is 35.8 Å². The van der Waals surface area contributed by atoms with Crippen LogP contribution in [0.2, 0.25) is 0 Å². The van der Waals surface area contributed by atoms with Crippen molar-refractivity contribution in [2.75, 3.05) is 18.1 Å². The number of thioether (sulfide) groups is 2. The topological polar surface area (TPSA) is 221 Å². The summed E-state index contributed by atoms with van der Waals surface area (Å²) < 4.78 is 5.82. The number of nitrogens with zero attached hydrogens (tertiary/aromatic N) is 8. The Morgan fingerprint density at radius 3 is 3.00 bits per heavy atom. The number of tetrazole rings is 1. The van der Waals surface area contributed by atoms with Gasteiger partial charge in [-0.05, 0) is 23.4 Å². The van der Waals surface area contributed by atoms with E-state index in [1.807, 2.05) is 22.9 Å². The Kier molecular flexibility index (Phi) is 8.21. The van der Waals surface area contributed by atoms with Gasteiger partial charge >= 0.3 is 0 Å². The summed E-state index contributed by atoms with van der Waals surface area (Å²) in [5, 5.41) is 32.2. The lowest BCUT2D eigenvalue weighted by atomic mass is 10.0. The number of rotatable bonds is 11. The molecule has 5 rings (SSSR count). The number of carboxylic acid groups (broad SMARTS) is 1. The van der Waals surface area contributed by atoms with E-state index in [4.69, 9.17) is 10.6 Å². The molecule has 3 aromatic rings. The van der Waals surface area contributed by atoms with E-state index in [1.165, 1.54) is 23.5 Å². The van der Waals surface area contributed by atoms with Crippen molar-refractivity contribution < 1.29 is 28.9 Å². The second-order valence-electron chi connectivity index (χ2n) is 8.29. The molecule has 1 fully saturated rings. The average Bonchev–Trinajstić information content (AvgIpc) is 3.62. The number of oxime groups is 1. The third-order valence-electron chi connectivity index (χ3n) is 5.68. The van der Waals surface area contributed by atoms with Crippen molar-refractivity contribution >= 4 is 63.7 Å². The van der Waals surface area contributed by atoms with E-state index in [-0.39, 0.29) is 35.5 Å². The number of aromatic amines is 1. The molecular formula is C21H21N11O5S3. The molecule has 1 unspecified atom stereocenters. The van der Waals surface area contributed by atoms with Crippen LogP contribution in [0.3, 0.4) is 0 Å². The predicted octanol–water partition coefficient (Wildman–Crippen LogP) is -1.94. The number of nitrogens with two attached hydrogens (primary N) is 1. The summed E-state index contributed by atoms with van der Waals surface area (Å²) in [5.74, 6) is -1.94. The molecule has 2 aliphatic rings. The minimum Gasteiger partial charge on any atom is -0.543 e. The van der Waals surface area contributed by atoms with Crippen LogP contribution in [0.5, 0.6) is 0 Å². The number of pyridine rings is 1. The van der Waals surface area contributed by atoms with Gasteiger partial charge in [0.05, 0.1) is 11.7 Å². The number of carbonyl (C=O) groups is 3. The number of nitrogen functional groups attached to an aromatic ring is 1. The number of aromatic nitrogens is 7. The summed E-state index contributed by atoms with van der Waals surface area (Å²) >= 11 is 3.63. The summed E-state index contributed by atoms with van der Waals surface area (Å²) in [6.07, 6.45) is 3.69. The molecule has 0 aliphatic carbocycles. The molecule has 19 heteroatoms. The number of carbonyl (C=O) groups excluding carboxylic acids is 3. The molecule has 16 nitrogen and oxygen atoms in total. The lowest BCUT2D eigenvalue weighted by Gasteiger charge is -2.50. The van der Waals surface area contributed by atoms with E-state index in [2.05, 4.69) is 40.5 Å². The minimum absolute atomic E-state index is 0.0406. The number of aliphatic carboxylic acids is 1. The number of carboxylic acids is 1. The smallest absolute Gasteiger partial charge is 0.278 e. The number of amides is 2. The number of hydrogen-bond acceptors (Lipinski definition) is 15. The van der Waals surface area contributed by atoms with E-state index >= 15 is 0 Å². The van der Waals surface area contributed by atoms with Gasteiger partial charge < -0.3 is 25.8 Å². The van der Waals surface area contributed by atoms with Crippen molar-refractivity contribution in [3.8, 4) is 0 Å². The number of β-lactam (4-membered cyclic amide) rings is 1. The molecule has 2 atom stereocenters. The summed E-state index contributed by atoms with van der Waals surface area (Å²) in [6.45, 7) is 2.10. The van der Waals surface area contributed by atoms with Gasteiger partial charge in [0, 0.05) is 40.2 Å². The molecule has 2 aliphatic heterocycles. The van der Waals surface area contributed by atoms with Gasteiger partial charge in [-0.1, -0.05) is 16.9 Å². The van der Waals surface area contributed by atoms with Crippen LogP contribution in [0.1, 0.15) is 18.3 Å². The highest BCUT2D eigenvalue weighted by Crippen LogP contribution is 2.40. The Balaban J connectivity index is 1.30. The van der Waals surface area contributed by atoms with Gasteiger partial charge in [0.15, 0.2) is 24.1 Å². The zero-order valence-electron chi connectivity index (χ0n) is 20.7. The molecule has 0 saturated carbocycles. The number of anilines is 1. The van der Waals surface area contributed by atoms with Crippen LogP contribution in [0.15, 0.2) is 46.1 Å². The van der Waals surface area contributed by atoms with Crippen LogP contribution in [-0.4, -0.2) is 82.2 Å². The fraction of sp³-hybridized carbons (Fsp3) is 0.333. The highest BCUT2D eigenvalue weighted by molar-refractivity contribution is 8.00. The summed E-state index contributed by atoms with van der Waals surface area (Å²) in [7, 11) is 0. The van der Waals surface area contributed by atoms with Gasteiger partial charge in [0.2, 0.25) is 16.7 Å². The molecule has 1 saturated heterocycles. The fourth-order valence-electron chi connectivity index (χ4n) is 3.99. The Hall–Kier alpha value is -4.10. The van der Waals surface area contributed by atoms with Gasteiger partial charge in [-0.2, -0.15) is 9.36 Å². The normalized spacial score (nSPS) is 18.8. The predicted molar refractivity (Wildman–Crippen MR) is 140 cm³/mol. The first kappa shape index (κ1) is 27.5. The molecule has 5 heterocycles. The summed E-state index contributed by atoms with van der Waals surface area (Å²) in [6, 6.07) is 2.78. The summed E-state index contributed by atoms with van der Waals surface area (Å²) in [5.41, 5.74) is 6.65. The second-order valence-corrected chi connectivity index (χ2v) is 11.1. The van der Waals surface area contributed by atoms with E-state index in [0.29, 0.717) is 22.2 Å². The molecular weight excluding hydrogens is 583 g/mol. The monoisotopic (exact) mass is 603 g/mol. The van der Waals surface area contributed by atoms with Crippen LogP contribution < -0.4 is 20.7 Å². The van der Waals surface area contributed by atoms with Crippen LogP contribution in [0.25, 0.3) is 0 Å². The van der Waals surface area contributed by atoms with Gasteiger partial charge in [-0.25, -0.2) is 9.67 Å². The molecule has 2 amide bonds. The van der Waals surface area contributed by atoms with Crippen molar-refractivity contribution in [3.05, 3.63) is 47.2 Å². The molecule has 0 radical (unpaired) electrons. The average molecular weight is 604 g/mol. The Morgan fingerprint density at radius 1 is 1.45 bits per heavy atom. The van der Waals surface area contributed by atoms with Crippen molar-refractivity contribution in [1.82, 2.24) is 40.2 Å². The molecule has 40 heavy (non-hydrogen) atoms. The number of nitrogens with one attached hydrogen (secondary N) is 2. The lowest BCUT2D eigenvalue weighted by molar-refractivity contribution is -0.689. The third-order valence-corrected chi connectivity index (χ3v) is 8.48. The second kappa shape index (κ2) is 12.0. The van der Waals surface area contributed by atoms with E-state index < -0.39 is 29.2 Å². The van der Waals surface area contributed by atoms with Crippen LogP contribution in [0, 0.1) is 0 Å². The maximum Gasteiger partial charge on any atom is 0.278 e. The molecule has 0 spiro atoms. The Labute approximate surface area is 238 Å². The number of fused-ring (bicyclic) bond motifs is 1. The van der Waals surface area contributed by atoms with Gasteiger partial charge in [0.1, 0.15) is 18.0 Å². The molecule has 3 aromatic heterocycles. The maximum atomic E-state index is 13.1. The fourth-order valence-corrected chi connectivity index (χ4v) is 6.43. The van der Waals surface area contributed by atoms with E-state index in [0.717, 1.165) is 22.0 Å². The standard InChI is InChI=1S/C21H21N11O5S3/c1-2-37-27-12(15-24-20(22)40-28-15)16(33)23-13-17(34)32-14(19(35)36)11(9-38-18(13)32)7-31-5-3-4-10(6-31)8-39-21-25-29-30-26-21/h3-6,13,18H,2,7-9H2,1H3,(H4-,22,23,24,25,26,28,29,30,33,35,36)/t13?,18-/m0/s1. The zero-order chi connectivity index (χ0) is 28.2. The first-order valence-electron chi connectivity index (χ1n) is 11.7. The molecule has 208 valence electrons. The minimum atomic E-state index is -1.47. The quantitative estimate of drug-likeness (QED) is 0.0714. The van der Waals surface area contributed by atoms with Gasteiger partial charge in [-0.3, -0.25) is 14.5 Å². The Bertz CT molecular complexity index is 1490. The summed E-state index contributed by atoms with van der Waals surface area (Å²) in [4.78, 5) is 48.4. The highest BCUT2D eigenvalue weighted by atomic mass is 32.2. The first-order chi connectivity index (χ1) is 19.4. The van der Waals surface area contributed by atoms with Gasteiger partial charge in [-0.15, -0.1) is 16.9 Å². The molecule has 4 N–H and O–H groups in total. The van der Waals surface area contributed by atoms with Crippen LogP contribution in [0.4, 0.5) is 5.13 Å². The van der Waals surface area contributed by atoms with Gasteiger partial charge in [0.25, 0.3) is 11.8 Å². The number of hydrogen-bond donors (Lipinski definition) is 3. The SMILES string of the molecule is CCON=C(C(=O)NC1C(=O)N2C(C(=O)[O-])=C(C[n+]3cccc(CSc4nnn[nH]4)c3)CS[C@@H]12)c1nsc(N)n1. The molecule has 0 aromatic carbocycles. The van der Waals surface area contributed by atoms with Crippen LogP contribution in [-0.2, 0) is 31.5 Å². The lowest BCUT2D eigenvalue weighted by Crippen LogP contribution is -2.71. The first-order valence-corrected chi connectivity index (χ1v) is 14.5. The zero-order valence-corrected chi connectivity index (χ0v) is 23.2. The third kappa shape index (κ3) is 5.75. The molecule has 0 bridgehead atoms. The van der Waals surface area contributed by atoms with Crippen LogP contribution >= 0.6 is 35.1 Å². The number of H-pyrrole nitrogens is 1. The Morgan fingerprint density at radius 2 is 2.30 bits per heavy atom. The van der Waals surface area contributed by atoms with Crippen molar-refractivity contribution in [1.29, 1.82) is 0 Å².